The molecule has 2 aliphatic rings. The zero-order valence-electron chi connectivity index (χ0n) is 10.6. The van der Waals surface area contributed by atoms with Crippen LogP contribution < -0.4 is 5.32 Å². The van der Waals surface area contributed by atoms with Crippen LogP contribution in [0.2, 0.25) is 0 Å². The van der Waals surface area contributed by atoms with Gasteiger partial charge in [-0.15, -0.1) is 0 Å². The van der Waals surface area contributed by atoms with Gasteiger partial charge in [-0.05, 0) is 33.2 Å². The number of ether oxygens (including phenoxy) is 2. The molecule has 1 spiro atoms. The highest BCUT2D eigenvalue weighted by atomic mass is 16.5. The van der Waals surface area contributed by atoms with E-state index in [0.717, 1.165) is 26.0 Å². The standard InChI is InChI=1S/C13H25NO2/c1-11(10-14-2)16-12-5-8-15-13(9-12)6-3-4-7-13/h11-12,14H,3-10H2,1-2H3. The lowest BCUT2D eigenvalue weighted by Gasteiger charge is -2.39. The molecule has 2 rings (SSSR count). The Labute approximate surface area is 98.9 Å². The summed E-state index contributed by atoms with van der Waals surface area (Å²) in [5.74, 6) is 0. The molecule has 1 saturated carbocycles. The Kier molecular flexibility index (Phi) is 4.22. The molecule has 1 aliphatic carbocycles. The van der Waals surface area contributed by atoms with Gasteiger partial charge in [0.1, 0.15) is 0 Å². The Hall–Kier alpha value is -0.120. The highest BCUT2D eigenvalue weighted by molar-refractivity contribution is 4.91. The van der Waals surface area contributed by atoms with Crippen molar-refractivity contribution in [2.24, 2.45) is 0 Å². The van der Waals surface area contributed by atoms with E-state index in [2.05, 4.69) is 12.2 Å². The maximum absolute atomic E-state index is 6.08. The van der Waals surface area contributed by atoms with Crippen molar-refractivity contribution >= 4 is 0 Å². The molecule has 94 valence electrons. The fourth-order valence-electron chi connectivity index (χ4n) is 3.13. The van der Waals surface area contributed by atoms with E-state index < -0.39 is 0 Å². The highest BCUT2D eigenvalue weighted by Gasteiger charge is 2.40. The molecule has 1 saturated heterocycles. The highest BCUT2D eigenvalue weighted by Crippen LogP contribution is 2.40. The van der Waals surface area contributed by atoms with Crippen LogP contribution in [0.15, 0.2) is 0 Å². The van der Waals surface area contributed by atoms with Crippen LogP contribution in [0.25, 0.3) is 0 Å². The second-order valence-corrected chi connectivity index (χ2v) is 5.36. The van der Waals surface area contributed by atoms with Gasteiger partial charge in [-0.25, -0.2) is 0 Å². The van der Waals surface area contributed by atoms with Crippen molar-refractivity contribution in [3.05, 3.63) is 0 Å². The number of likely N-dealkylation sites (N-methyl/N-ethyl adjacent to an activating group) is 1. The molecule has 2 unspecified atom stereocenters. The first-order chi connectivity index (χ1) is 7.74. The maximum Gasteiger partial charge on any atom is 0.0707 e. The minimum absolute atomic E-state index is 0.183. The molecule has 0 aromatic heterocycles. The van der Waals surface area contributed by atoms with E-state index in [4.69, 9.17) is 9.47 Å². The van der Waals surface area contributed by atoms with Crippen molar-refractivity contribution < 1.29 is 9.47 Å². The Morgan fingerprint density at radius 3 is 2.88 bits per heavy atom. The quantitative estimate of drug-likeness (QED) is 0.798. The largest absolute Gasteiger partial charge is 0.375 e. The van der Waals surface area contributed by atoms with Crippen LogP contribution in [0.4, 0.5) is 0 Å². The molecule has 3 nitrogen and oxygen atoms in total. The molecular formula is C13H25NO2. The minimum Gasteiger partial charge on any atom is -0.375 e. The average molecular weight is 227 g/mol. The first-order valence-electron chi connectivity index (χ1n) is 6.68. The molecule has 0 amide bonds. The molecule has 2 fully saturated rings. The molecule has 0 aromatic carbocycles. The normalized spacial score (nSPS) is 30.8. The van der Waals surface area contributed by atoms with Gasteiger partial charge in [0.2, 0.25) is 0 Å². The van der Waals surface area contributed by atoms with Gasteiger partial charge in [0.05, 0.1) is 17.8 Å². The Morgan fingerprint density at radius 2 is 2.19 bits per heavy atom. The van der Waals surface area contributed by atoms with Crippen LogP contribution in [0.5, 0.6) is 0 Å². The van der Waals surface area contributed by atoms with Gasteiger partial charge in [-0.3, -0.25) is 0 Å². The van der Waals surface area contributed by atoms with Crippen molar-refractivity contribution in [1.82, 2.24) is 5.32 Å². The molecule has 0 bridgehead atoms. The van der Waals surface area contributed by atoms with Crippen LogP contribution in [0, 0.1) is 0 Å². The van der Waals surface area contributed by atoms with Crippen molar-refractivity contribution in [1.29, 1.82) is 0 Å². The molecule has 0 aromatic rings. The van der Waals surface area contributed by atoms with Crippen LogP contribution in [-0.4, -0.2) is 38.0 Å². The number of hydrogen-bond acceptors (Lipinski definition) is 3. The van der Waals surface area contributed by atoms with Crippen LogP contribution in [-0.2, 0) is 9.47 Å². The van der Waals surface area contributed by atoms with Crippen molar-refractivity contribution in [2.75, 3.05) is 20.2 Å². The summed E-state index contributed by atoms with van der Waals surface area (Å²) in [6.45, 7) is 3.97. The lowest BCUT2D eigenvalue weighted by molar-refractivity contribution is -0.141. The van der Waals surface area contributed by atoms with E-state index in [1.165, 1.54) is 25.7 Å². The van der Waals surface area contributed by atoms with E-state index in [0.29, 0.717) is 12.2 Å². The van der Waals surface area contributed by atoms with E-state index >= 15 is 0 Å². The third kappa shape index (κ3) is 2.96. The van der Waals surface area contributed by atoms with Gasteiger partial charge in [-0.1, -0.05) is 12.8 Å². The summed E-state index contributed by atoms with van der Waals surface area (Å²) in [4.78, 5) is 0. The molecular weight excluding hydrogens is 202 g/mol. The fraction of sp³-hybridized carbons (Fsp3) is 1.00. The lowest BCUT2D eigenvalue weighted by atomic mass is 9.90. The number of nitrogens with one attached hydrogen (secondary N) is 1. The topological polar surface area (TPSA) is 30.5 Å². The third-order valence-corrected chi connectivity index (χ3v) is 3.88. The summed E-state index contributed by atoms with van der Waals surface area (Å²) in [6.07, 6.45) is 8.05. The molecule has 2 atom stereocenters. The summed E-state index contributed by atoms with van der Waals surface area (Å²) >= 11 is 0. The van der Waals surface area contributed by atoms with E-state index in [9.17, 15) is 0 Å². The van der Waals surface area contributed by atoms with Crippen molar-refractivity contribution in [3.63, 3.8) is 0 Å². The van der Waals surface area contributed by atoms with Crippen LogP contribution in [0.3, 0.4) is 0 Å². The predicted octanol–water partition coefficient (Wildman–Crippen LogP) is 2.10. The molecule has 0 radical (unpaired) electrons. The van der Waals surface area contributed by atoms with Gasteiger partial charge in [0.25, 0.3) is 0 Å². The molecule has 16 heavy (non-hydrogen) atoms. The van der Waals surface area contributed by atoms with Gasteiger partial charge in [-0.2, -0.15) is 0 Å². The number of hydrogen-bond donors (Lipinski definition) is 1. The van der Waals surface area contributed by atoms with Crippen LogP contribution >= 0.6 is 0 Å². The van der Waals surface area contributed by atoms with E-state index in [-0.39, 0.29) is 5.60 Å². The van der Waals surface area contributed by atoms with Gasteiger partial charge in [0.15, 0.2) is 0 Å². The first kappa shape index (κ1) is 12.3. The summed E-state index contributed by atoms with van der Waals surface area (Å²) in [5, 5.41) is 3.16. The second kappa shape index (κ2) is 5.48. The summed E-state index contributed by atoms with van der Waals surface area (Å²) in [5.41, 5.74) is 0.183. The molecule has 1 heterocycles. The Morgan fingerprint density at radius 1 is 1.44 bits per heavy atom. The SMILES string of the molecule is CNCC(C)OC1CCOC2(CCCC2)C1. The second-order valence-electron chi connectivity index (χ2n) is 5.36. The van der Waals surface area contributed by atoms with Crippen molar-refractivity contribution in [3.8, 4) is 0 Å². The smallest absolute Gasteiger partial charge is 0.0707 e. The molecule has 1 N–H and O–H groups in total. The third-order valence-electron chi connectivity index (χ3n) is 3.88. The van der Waals surface area contributed by atoms with Gasteiger partial charge < -0.3 is 14.8 Å². The zero-order chi connectivity index (χ0) is 11.4. The average Bonchev–Trinajstić information content (AvgIpc) is 2.66. The lowest BCUT2D eigenvalue weighted by Crippen LogP contribution is -2.42. The molecule has 1 aliphatic heterocycles. The Bertz CT molecular complexity index is 214. The maximum atomic E-state index is 6.08. The van der Waals surface area contributed by atoms with E-state index in [1.807, 2.05) is 7.05 Å². The fourth-order valence-corrected chi connectivity index (χ4v) is 3.13. The van der Waals surface area contributed by atoms with E-state index in [1.54, 1.807) is 0 Å². The molecule has 3 heteroatoms. The summed E-state index contributed by atoms with van der Waals surface area (Å²) in [6, 6.07) is 0. The van der Waals surface area contributed by atoms with Gasteiger partial charge >= 0.3 is 0 Å². The van der Waals surface area contributed by atoms with Gasteiger partial charge in [0, 0.05) is 19.6 Å². The summed E-state index contributed by atoms with van der Waals surface area (Å²) in [7, 11) is 1.97. The Balaban J connectivity index is 1.82. The monoisotopic (exact) mass is 227 g/mol. The zero-order valence-corrected chi connectivity index (χ0v) is 10.6. The summed E-state index contributed by atoms with van der Waals surface area (Å²) < 4.78 is 12.1. The minimum atomic E-state index is 0.183. The van der Waals surface area contributed by atoms with Crippen LogP contribution in [0.1, 0.15) is 45.4 Å². The van der Waals surface area contributed by atoms with Crippen molar-refractivity contribution in [2.45, 2.75) is 63.3 Å². The predicted molar refractivity (Wildman–Crippen MR) is 64.6 cm³/mol. The first-order valence-corrected chi connectivity index (χ1v) is 6.68. The number of rotatable bonds is 4.